The average Bonchev–Trinajstić information content (AvgIpc) is 1.78. The maximum atomic E-state index is 5.34. The fraction of sp³-hybridized carbons (Fsp3) is 1.00. The number of nitrogens with zero attached hydrogens (tertiary/aromatic N) is 1. The molecule has 10 heavy (non-hydrogen) atoms. The van der Waals surface area contributed by atoms with Crippen LogP contribution in [0.3, 0.4) is 0 Å². The zero-order chi connectivity index (χ0) is 8.04. The number of halogens is 1. The van der Waals surface area contributed by atoms with Crippen molar-refractivity contribution in [2.45, 2.75) is 0 Å². The fourth-order valence-electron chi connectivity index (χ4n) is 0.495. The summed E-state index contributed by atoms with van der Waals surface area (Å²) in [5.41, 5.74) is 0. The van der Waals surface area contributed by atoms with Gasteiger partial charge in [0.25, 0.3) is 0 Å². The molecule has 0 heterocycles. The van der Waals surface area contributed by atoms with Crippen molar-refractivity contribution in [1.82, 2.24) is 0 Å². The molecular formula is C7H17INO+. The highest BCUT2D eigenvalue weighted by Gasteiger charge is 2.04. The predicted octanol–water partition coefficient (Wildman–Crippen LogP) is 1.14. The molecule has 0 aliphatic rings. The highest BCUT2D eigenvalue weighted by Crippen LogP contribution is 1.90. The van der Waals surface area contributed by atoms with E-state index in [0.717, 1.165) is 28.7 Å². The quantitative estimate of drug-likeness (QED) is 0.311. The molecule has 0 saturated carbocycles. The Morgan fingerprint density at radius 1 is 1.20 bits per heavy atom. The first-order valence-corrected chi connectivity index (χ1v) is 5.03. The van der Waals surface area contributed by atoms with Crippen LogP contribution in [0.5, 0.6) is 0 Å². The van der Waals surface area contributed by atoms with E-state index in [1.165, 1.54) is 0 Å². The van der Waals surface area contributed by atoms with Crippen LogP contribution in [0, 0.1) is 0 Å². The molecule has 0 saturated heterocycles. The number of likely N-dealkylation sites (N-methyl/N-ethyl adjacent to an activating group) is 1. The molecule has 0 amide bonds. The molecule has 0 aromatic rings. The van der Waals surface area contributed by atoms with Crippen molar-refractivity contribution in [3.8, 4) is 0 Å². The third kappa shape index (κ3) is 8.65. The van der Waals surface area contributed by atoms with Crippen molar-refractivity contribution in [3.63, 3.8) is 0 Å². The van der Waals surface area contributed by atoms with Gasteiger partial charge in [0.1, 0.15) is 6.54 Å². The molecular weight excluding hydrogens is 241 g/mol. The molecule has 0 rings (SSSR count). The number of rotatable bonds is 5. The Hall–Kier alpha value is 0.650. The summed E-state index contributed by atoms with van der Waals surface area (Å²) in [5, 5.41) is 0. The van der Waals surface area contributed by atoms with Gasteiger partial charge in [0, 0.05) is 4.43 Å². The number of hydrogen-bond donors (Lipinski definition) is 0. The molecule has 0 atom stereocenters. The van der Waals surface area contributed by atoms with Gasteiger partial charge in [0.2, 0.25) is 0 Å². The normalized spacial score (nSPS) is 12.0. The fourth-order valence-corrected chi connectivity index (χ4v) is 0.806. The summed E-state index contributed by atoms with van der Waals surface area (Å²) in [5.74, 6) is 0. The largest absolute Gasteiger partial charge is 0.375 e. The lowest BCUT2D eigenvalue weighted by Crippen LogP contribution is -2.37. The van der Waals surface area contributed by atoms with E-state index in [2.05, 4.69) is 43.7 Å². The Bertz CT molecular complexity index is 80.2. The van der Waals surface area contributed by atoms with Gasteiger partial charge in [0.05, 0.1) is 34.4 Å². The minimum atomic E-state index is 0.881. The molecule has 0 N–H and O–H groups in total. The second-order valence-electron chi connectivity index (χ2n) is 3.32. The monoisotopic (exact) mass is 258 g/mol. The maximum absolute atomic E-state index is 5.34. The maximum Gasteiger partial charge on any atom is 0.102 e. The summed E-state index contributed by atoms with van der Waals surface area (Å²) in [6.45, 7) is 2.86. The zero-order valence-corrected chi connectivity index (χ0v) is 9.22. The van der Waals surface area contributed by atoms with Gasteiger partial charge in [0.15, 0.2) is 0 Å². The molecule has 0 aliphatic carbocycles. The van der Waals surface area contributed by atoms with Crippen LogP contribution >= 0.6 is 22.6 Å². The lowest BCUT2D eigenvalue weighted by Gasteiger charge is -2.23. The summed E-state index contributed by atoms with van der Waals surface area (Å²) in [4.78, 5) is 0. The first-order valence-electron chi connectivity index (χ1n) is 3.50. The first kappa shape index (κ1) is 10.7. The lowest BCUT2D eigenvalue weighted by molar-refractivity contribution is -0.870. The predicted molar refractivity (Wildman–Crippen MR) is 52.6 cm³/mol. The summed E-state index contributed by atoms with van der Waals surface area (Å²) in [6, 6.07) is 0. The van der Waals surface area contributed by atoms with Crippen LogP contribution in [0.4, 0.5) is 0 Å². The van der Waals surface area contributed by atoms with Gasteiger partial charge in [-0.1, -0.05) is 22.6 Å². The smallest absolute Gasteiger partial charge is 0.102 e. The number of ether oxygens (including phenoxy) is 1. The number of hydrogen-bond acceptors (Lipinski definition) is 1. The van der Waals surface area contributed by atoms with Crippen LogP contribution < -0.4 is 0 Å². The van der Waals surface area contributed by atoms with Crippen LogP contribution in [-0.4, -0.2) is 49.8 Å². The Morgan fingerprint density at radius 2 is 1.80 bits per heavy atom. The van der Waals surface area contributed by atoms with Crippen molar-refractivity contribution < 1.29 is 9.22 Å². The number of alkyl halides is 1. The molecule has 0 aromatic carbocycles. The third-order valence-corrected chi connectivity index (χ3v) is 1.57. The molecule has 0 unspecified atom stereocenters. The highest BCUT2D eigenvalue weighted by molar-refractivity contribution is 14.1. The molecule has 0 fully saturated rings. The molecule has 2 nitrogen and oxygen atoms in total. The van der Waals surface area contributed by atoms with Gasteiger partial charge in [-0.3, -0.25) is 0 Å². The van der Waals surface area contributed by atoms with Crippen LogP contribution in [0.25, 0.3) is 0 Å². The molecule has 3 heteroatoms. The highest BCUT2D eigenvalue weighted by atomic mass is 127. The molecule has 0 radical (unpaired) electrons. The van der Waals surface area contributed by atoms with Crippen LogP contribution in [0.2, 0.25) is 0 Å². The van der Waals surface area contributed by atoms with Crippen LogP contribution in [0.1, 0.15) is 0 Å². The van der Waals surface area contributed by atoms with Gasteiger partial charge in [-0.15, -0.1) is 0 Å². The van der Waals surface area contributed by atoms with E-state index in [1.807, 2.05) is 0 Å². The topological polar surface area (TPSA) is 9.23 Å². The van der Waals surface area contributed by atoms with Crippen LogP contribution in [0.15, 0.2) is 0 Å². The molecule has 0 aromatic heterocycles. The van der Waals surface area contributed by atoms with Crippen molar-refractivity contribution in [3.05, 3.63) is 0 Å². The van der Waals surface area contributed by atoms with E-state index in [0.29, 0.717) is 0 Å². The summed E-state index contributed by atoms with van der Waals surface area (Å²) in [7, 11) is 6.52. The minimum Gasteiger partial charge on any atom is -0.375 e. The second-order valence-corrected chi connectivity index (χ2v) is 4.39. The lowest BCUT2D eigenvalue weighted by atomic mass is 10.5. The Morgan fingerprint density at radius 3 is 2.20 bits per heavy atom. The molecule has 62 valence electrons. The van der Waals surface area contributed by atoms with Gasteiger partial charge in [-0.25, -0.2) is 0 Å². The Labute approximate surface area is 77.3 Å². The van der Waals surface area contributed by atoms with E-state index in [1.54, 1.807) is 0 Å². The van der Waals surface area contributed by atoms with Gasteiger partial charge < -0.3 is 9.22 Å². The van der Waals surface area contributed by atoms with E-state index >= 15 is 0 Å². The van der Waals surface area contributed by atoms with E-state index in [-0.39, 0.29) is 0 Å². The van der Waals surface area contributed by atoms with Gasteiger partial charge >= 0.3 is 0 Å². The van der Waals surface area contributed by atoms with Crippen molar-refractivity contribution >= 4 is 22.6 Å². The van der Waals surface area contributed by atoms with Gasteiger partial charge in [-0.2, -0.15) is 0 Å². The molecule has 0 bridgehead atoms. The summed E-state index contributed by atoms with van der Waals surface area (Å²) < 4.78 is 7.42. The molecule has 0 spiro atoms. The third-order valence-electron chi connectivity index (χ3n) is 1.13. The van der Waals surface area contributed by atoms with Crippen molar-refractivity contribution in [1.29, 1.82) is 0 Å². The van der Waals surface area contributed by atoms with E-state index in [9.17, 15) is 0 Å². The van der Waals surface area contributed by atoms with Crippen LogP contribution in [-0.2, 0) is 4.74 Å². The van der Waals surface area contributed by atoms with Gasteiger partial charge in [-0.05, 0) is 0 Å². The zero-order valence-electron chi connectivity index (χ0n) is 7.06. The molecule has 0 aliphatic heterocycles. The average molecular weight is 258 g/mol. The summed E-state index contributed by atoms with van der Waals surface area (Å²) >= 11 is 2.32. The second kappa shape index (κ2) is 5.32. The first-order chi connectivity index (χ1) is 4.56. The van der Waals surface area contributed by atoms with E-state index in [4.69, 9.17) is 4.74 Å². The Kier molecular flexibility index (Phi) is 5.67. The van der Waals surface area contributed by atoms with Crippen molar-refractivity contribution in [2.75, 3.05) is 45.3 Å². The van der Waals surface area contributed by atoms with E-state index < -0.39 is 0 Å². The SMILES string of the molecule is C[N+](C)(C)CCOCCI. The standard InChI is InChI=1S/C7H17INO/c1-9(2,3)5-7-10-6-4-8/h4-7H2,1-3H3/q+1. The minimum absolute atomic E-state index is 0.881. The number of quaternary nitrogens is 1. The Balaban J connectivity index is 3.04. The van der Waals surface area contributed by atoms with Crippen molar-refractivity contribution in [2.24, 2.45) is 0 Å². The summed E-state index contributed by atoms with van der Waals surface area (Å²) in [6.07, 6.45) is 0.